The van der Waals surface area contributed by atoms with Gasteiger partial charge in [-0.15, -0.1) is 0 Å². The lowest BCUT2D eigenvalue weighted by atomic mass is 10.1. The first-order valence-corrected chi connectivity index (χ1v) is 9.70. The monoisotopic (exact) mass is 367 g/mol. The number of hydrogen-bond acceptors (Lipinski definition) is 3. The van der Waals surface area contributed by atoms with E-state index in [1.807, 2.05) is 67.7 Å². The van der Waals surface area contributed by atoms with Gasteiger partial charge in [0.05, 0.1) is 6.61 Å². The summed E-state index contributed by atoms with van der Waals surface area (Å²) in [6.45, 7) is 3.45. The molecule has 5 heteroatoms. The van der Waals surface area contributed by atoms with E-state index in [0.717, 1.165) is 56.4 Å². The van der Waals surface area contributed by atoms with Crippen LogP contribution >= 0.6 is 0 Å². The molecule has 2 aromatic rings. The van der Waals surface area contributed by atoms with Gasteiger partial charge in [-0.3, -0.25) is 4.99 Å². The van der Waals surface area contributed by atoms with Crippen LogP contribution < -0.4 is 14.8 Å². The van der Waals surface area contributed by atoms with Gasteiger partial charge >= 0.3 is 0 Å². The Hall–Kier alpha value is -2.69. The van der Waals surface area contributed by atoms with Gasteiger partial charge in [-0.25, -0.2) is 0 Å². The molecule has 1 fully saturated rings. The van der Waals surface area contributed by atoms with Crippen LogP contribution in [0.1, 0.15) is 19.3 Å². The van der Waals surface area contributed by atoms with Crippen LogP contribution in [0, 0.1) is 0 Å². The maximum absolute atomic E-state index is 6.07. The van der Waals surface area contributed by atoms with E-state index < -0.39 is 0 Å². The lowest BCUT2D eigenvalue weighted by Gasteiger charge is -2.34. The van der Waals surface area contributed by atoms with Gasteiger partial charge in [0.15, 0.2) is 5.96 Å². The molecule has 1 aliphatic rings. The average molecular weight is 367 g/mol. The highest BCUT2D eigenvalue weighted by Gasteiger charge is 2.22. The van der Waals surface area contributed by atoms with Gasteiger partial charge < -0.3 is 19.7 Å². The van der Waals surface area contributed by atoms with Crippen LogP contribution in [0.15, 0.2) is 65.7 Å². The summed E-state index contributed by atoms with van der Waals surface area (Å²) in [6, 6.07) is 20.0. The highest BCUT2D eigenvalue weighted by molar-refractivity contribution is 5.79. The zero-order valence-corrected chi connectivity index (χ0v) is 16.0. The Kier molecular flexibility index (Phi) is 7.39. The maximum Gasteiger partial charge on any atom is 0.193 e. The number of benzene rings is 2. The van der Waals surface area contributed by atoms with Gasteiger partial charge in [0.25, 0.3) is 0 Å². The highest BCUT2D eigenvalue weighted by Crippen LogP contribution is 2.18. The third kappa shape index (κ3) is 6.20. The van der Waals surface area contributed by atoms with Crippen molar-refractivity contribution in [2.24, 2.45) is 4.99 Å². The van der Waals surface area contributed by atoms with Gasteiger partial charge in [-0.1, -0.05) is 36.4 Å². The first-order valence-electron chi connectivity index (χ1n) is 9.70. The Morgan fingerprint density at radius 3 is 2.26 bits per heavy atom. The summed E-state index contributed by atoms with van der Waals surface area (Å²) in [5, 5.41) is 3.45. The van der Waals surface area contributed by atoms with Gasteiger partial charge in [-0.05, 0) is 30.7 Å². The van der Waals surface area contributed by atoms with Crippen LogP contribution in [-0.2, 0) is 0 Å². The second-order valence-corrected chi connectivity index (χ2v) is 6.61. The zero-order chi connectivity index (χ0) is 18.7. The van der Waals surface area contributed by atoms with E-state index in [-0.39, 0.29) is 6.10 Å². The Bertz CT molecular complexity index is 683. The largest absolute Gasteiger partial charge is 0.494 e. The maximum atomic E-state index is 6.07. The van der Waals surface area contributed by atoms with Gasteiger partial charge in [0.1, 0.15) is 17.6 Å². The summed E-state index contributed by atoms with van der Waals surface area (Å²) in [5.74, 6) is 2.84. The summed E-state index contributed by atoms with van der Waals surface area (Å²) in [6.07, 6.45) is 3.22. The van der Waals surface area contributed by atoms with Crippen molar-refractivity contribution in [3.63, 3.8) is 0 Å². The minimum absolute atomic E-state index is 0.279. The highest BCUT2D eigenvalue weighted by atomic mass is 16.5. The minimum atomic E-state index is 0.279. The van der Waals surface area contributed by atoms with Crippen molar-refractivity contribution in [2.75, 3.05) is 33.3 Å². The fourth-order valence-corrected chi connectivity index (χ4v) is 3.19. The molecule has 1 N–H and O–H groups in total. The number of rotatable bonds is 7. The molecular weight excluding hydrogens is 338 g/mol. The molecule has 5 nitrogen and oxygen atoms in total. The molecule has 144 valence electrons. The van der Waals surface area contributed by atoms with Crippen LogP contribution in [0.3, 0.4) is 0 Å². The molecule has 1 aliphatic heterocycles. The average Bonchev–Trinajstić information content (AvgIpc) is 2.73. The number of hydrogen-bond donors (Lipinski definition) is 1. The van der Waals surface area contributed by atoms with E-state index in [1.165, 1.54) is 0 Å². The van der Waals surface area contributed by atoms with Crippen molar-refractivity contribution < 1.29 is 9.47 Å². The molecule has 1 heterocycles. The summed E-state index contributed by atoms with van der Waals surface area (Å²) in [7, 11) is 1.84. The number of aliphatic imine (C=N–C) groups is 1. The lowest BCUT2D eigenvalue weighted by Crippen LogP contribution is -2.47. The first-order chi connectivity index (χ1) is 13.3. The molecule has 0 atom stereocenters. The SMILES string of the molecule is CN=C(NCCCOc1ccccc1)N1CCC(Oc2ccccc2)CC1. The van der Waals surface area contributed by atoms with E-state index >= 15 is 0 Å². The first kappa shape index (κ1) is 19.1. The molecule has 0 aliphatic carbocycles. The third-order valence-corrected chi connectivity index (χ3v) is 4.62. The summed E-state index contributed by atoms with van der Waals surface area (Å²) in [5.41, 5.74) is 0. The van der Waals surface area contributed by atoms with E-state index in [1.54, 1.807) is 0 Å². The molecule has 0 aromatic heterocycles. The number of nitrogens with zero attached hydrogens (tertiary/aromatic N) is 2. The smallest absolute Gasteiger partial charge is 0.193 e. The normalized spacial score (nSPS) is 15.4. The predicted octanol–water partition coefficient (Wildman–Crippen LogP) is 3.57. The van der Waals surface area contributed by atoms with Crippen molar-refractivity contribution >= 4 is 5.96 Å². The van der Waals surface area contributed by atoms with Crippen molar-refractivity contribution in [1.29, 1.82) is 0 Å². The van der Waals surface area contributed by atoms with E-state index in [2.05, 4.69) is 15.2 Å². The lowest BCUT2D eigenvalue weighted by molar-refractivity contribution is 0.129. The van der Waals surface area contributed by atoms with Gasteiger partial charge in [-0.2, -0.15) is 0 Å². The second-order valence-electron chi connectivity index (χ2n) is 6.61. The molecule has 2 aromatic carbocycles. The molecule has 0 radical (unpaired) electrons. The summed E-state index contributed by atoms with van der Waals surface area (Å²) in [4.78, 5) is 6.73. The fraction of sp³-hybridized carbons (Fsp3) is 0.409. The van der Waals surface area contributed by atoms with Gasteiger partial charge in [0, 0.05) is 39.5 Å². The van der Waals surface area contributed by atoms with Gasteiger partial charge in [0.2, 0.25) is 0 Å². The van der Waals surface area contributed by atoms with E-state index in [0.29, 0.717) is 6.61 Å². The fourth-order valence-electron chi connectivity index (χ4n) is 3.19. The van der Waals surface area contributed by atoms with Crippen LogP contribution in [0.4, 0.5) is 0 Å². The van der Waals surface area contributed by atoms with Crippen LogP contribution in [-0.4, -0.2) is 50.3 Å². The molecule has 0 saturated carbocycles. The molecule has 27 heavy (non-hydrogen) atoms. The molecule has 1 saturated heterocycles. The van der Waals surface area contributed by atoms with Crippen LogP contribution in [0.2, 0.25) is 0 Å². The Balaban J connectivity index is 1.34. The Labute approximate surface area is 162 Å². The number of piperidine rings is 1. The number of nitrogens with one attached hydrogen (secondary N) is 1. The molecule has 0 unspecified atom stereocenters. The number of likely N-dealkylation sites (tertiary alicyclic amines) is 1. The standard InChI is InChI=1S/C22H29N3O2/c1-23-22(24-15-8-18-26-19-9-4-2-5-10-19)25-16-13-21(14-17-25)27-20-11-6-3-7-12-20/h2-7,9-12,21H,8,13-18H2,1H3,(H,23,24). The quantitative estimate of drug-likeness (QED) is 0.462. The van der Waals surface area contributed by atoms with Crippen LogP contribution in [0.25, 0.3) is 0 Å². The van der Waals surface area contributed by atoms with Crippen molar-refractivity contribution in [2.45, 2.75) is 25.4 Å². The molecule has 0 spiro atoms. The predicted molar refractivity (Wildman–Crippen MR) is 110 cm³/mol. The van der Waals surface area contributed by atoms with Crippen molar-refractivity contribution in [3.8, 4) is 11.5 Å². The van der Waals surface area contributed by atoms with Crippen LogP contribution in [0.5, 0.6) is 11.5 Å². The van der Waals surface area contributed by atoms with E-state index in [9.17, 15) is 0 Å². The number of ether oxygens (including phenoxy) is 2. The van der Waals surface area contributed by atoms with Crippen molar-refractivity contribution in [3.05, 3.63) is 60.7 Å². The molecule has 3 rings (SSSR count). The van der Waals surface area contributed by atoms with Crippen molar-refractivity contribution in [1.82, 2.24) is 10.2 Å². The molecule has 0 bridgehead atoms. The second kappa shape index (κ2) is 10.5. The summed E-state index contributed by atoms with van der Waals surface area (Å²) >= 11 is 0. The zero-order valence-electron chi connectivity index (χ0n) is 16.0. The van der Waals surface area contributed by atoms with E-state index in [4.69, 9.17) is 9.47 Å². The third-order valence-electron chi connectivity index (χ3n) is 4.62. The Morgan fingerprint density at radius 2 is 1.63 bits per heavy atom. The number of guanidine groups is 1. The number of para-hydroxylation sites is 2. The summed E-state index contributed by atoms with van der Waals surface area (Å²) < 4.78 is 11.8. The minimum Gasteiger partial charge on any atom is -0.494 e. The molecular formula is C22H29N3O2. The Morgan fingerprint density at radius 1 is 1.00 bits per heavy atom. The molecule has 0 amide bonds. The topological polar surface area (TPSA) is 46.1 Å².